The van der Waals surface area contributed by atoms with Gasteiger partial charge in [0.15, 0.2) is 11.5 Å². The van der Waals surface area contributed by atoms with E-state index in [9.17, 15) is 14.9 Å². The van der Waals surface area contributed by atoms with Gasteiger partial charge in [-0.25, -0.2) is 0 Å². The highest BCUT2D eigenvalue weighted by molar-refractivity contribution is 6.00. The Balaban J connectivity index is 3.36. The van der Waals surface area contributed by atoms with E-state index in [0.717, 1.165) is 6.07 Å². The van der Waals surface area contributed by atoms with Gasteiger partial charge < -0.3 is 10.5 Å². The van der Waals surface area contributed by atoms with Gasteiger partial charge in [0.25, 0.3) is 0 Å². The maximum absolute atomic E-state index is 11.2. The van der Waals surface area contributed by atoms with Crippen LogP contribution < -0.4 is 10.5 Å². The fraction of sp³-hybridized carbons (Fsp3) is 0.300. The molecule has 0 bridgehead atoms. The highest BCUT2D eigenvalue weighted by Crippen LogP contribution is 2.32. The summed E-state index contributed by atoms with van der Waals surface area (Å²) in [4.78, 5) is 21.3. The van der Waals surface area contributed by atoms with E-state index in [-0.39, 0.29) is 28.5 Å². The Morgan fingerprint density at radius 3 is 2.62 bits per heavy atom. The van der Waals surface area contributed by atoms with Crippen LogP contribution in [0.15, 0.2) is 12.1 Å². The summed E-state index contributed by atoms with van der Waals surface area (Å²) in [7, 11) is 0. The number of nitrogen functional groups attached to an aromatic ring is 1. The number of ketones is 1. The molecule has 0 fully saturated rings. The van der Waals surface area contributed by atoms with Crippen molar-refractivity contribution < 1.29 is 14.5 Å². The first-order valence-electron chi connectivity index (χ1n) is 4.69. The number of hydrogen-bond donors (Lipinski definition) is 1. The van der Waals surface area contributed by atoms with Gasteiger partial charge in [-0.05, 0) is 13.8 Å². The predicted octanol–water partition coefficient (Wildman–Crippen LogP) is 1.78. The number of nitro groups is 1. The summed E-state index contributed by atoms with van der Waals surface area (Å²) in [5.74, 6) is -0.237. The van der Waals surface area contributed by atoms with Gasteiger partial charge in [-0.15, -0.1) is 0 Å². The zero-order chi connectivity index (χ0) is 12.3. The summed E-state index contributed by atoms with van der Waals surface area (Å²) in [5, 5.41) is 10.8. The topological polar surface area (TPSA) is 95.5 Å². The summed E-state index contributed by atoms with van der Waals surface area (Å²) in [6, 6.07) is 2.45. The smallest absolute Gasteiger partial charge is 0.311 e. The average molecular weight is 224 g/mol. The number of benzene rings is 1. The first-order chi connectivity index (χ1) is 7.47. The van der Waals surface area contributed by atoms with Crippen molar-refractivity contribution in [3.05, 3.63) is 27.8 Å². The zero-order valence-electron chi connectivity index (χ0n) is 9.02. The molecule has 2 N–H and O–H groups in total. The normalized spacial score (nSPS) is 9.88. The molecule has 0 heterocycles. The minimum Gasteiger partial charge on any atom is -0.487 e. The van der Waals surface area contributed by atoms with Gasteiger partial charge >= 0.3 is 5.69 Å². The van der Waals surface area contributed by atoms with Gasteiger partial charge in [-0.1, -0.05) is 0 Å². The second-order valence-electron chi connectivity index (χ2n) is 3.15. The molecule has 0 atom stereocenters. The van der Waals surface area contributed by atoms with Gasteiger partial charge in [0.2, 0.25) is 0 Å². The van der Waals surface area contributed by atoms with E-state index in [1.165, 1.54) is 13.0 Å². The summed E-state index contributed by atoms with van der Waals surface area (Å²) < 4.78 is 5.08. The highest BCUT2D eigenvalue weighted by Gasteiger charge is 2.19. The zero-order valence-corrected chi connectivity index (χ0v) is 9.02. The molecule has 0 saturated heterocycles. The van der Waals surface area contributed by atoms with E-state index >= 15 is 0 Å². The predicted molar refractivity (Wildman–Crippen MR) is 58.7 cm³/mol. The van der Waals surface area contributed by atoms with Crippen LogP contribution in [0.3, 0.4) is 0 Å². The number of ether oxygens (including phenoxy) is 1. The number of carbonyl (C=O) groups excluding carboxylic acids is 1. The Hall–Kier alpha value is -2.11. The maximum Gasteiger partial charge on any atom is 0.311 e. The first kappa shape index (κ1) is 12.0. The van der Waals surface area contributed by atoms with Crippen molar-refractivity contribution in [2.24, 2.45) is 0 Å². The van der Waals surface area contributed by atoms with E-state index in [4.69, 9.17) is 10.5 Å². The molecular formula is C10H12N2O4. The largest absolute Gasteiger partial charge is 0.487 e. The summed E-state index contributed by atoms with van der Waals surface area (Å²) in [5.41, 5.74) is 5.67. The van der Waals surface area contributed by atoms with Gasteiger partial charge in [-0.3, -0.25) is 14.9 Å². The molecule has 0 spiro atoms. The van der Waals surface area contributed by atoms with Crippen LogP contribution in [0.25, 0.3) is 0 Å². The third kappa shape index (κ3) is 2.28. The van der Waals surface area contributed by atoms with Crippen LogP contribution in [-0.4, -0.2) is 17.3 Å². The van der Waals surface area contributed by atoms with Crippen molar-refractivity contribution in [3.63, 3.8) is 0 Å². The van der Waals surface area contributed by atoms with E-state index in [0.29, 0.717) is 6.61 Å². The molecule has 0 aliphatic carbocycles. The van der Waals surface area contributed by atoms with Crippen LogP contribution in [0.4, 0.5) is 11.4 Å². The van der Waals surface area contributed by atoms with E-state index in [1.807, 2.05) is 0 Å². The fourth-order valence-corrected chi connectivity index (χ4v) is 1.30. The lowest BCUT2D eigenvalue weighted by molar-refractivity contribution is -0.385. The molecule has 1 aromatic rings. The highest BCUT2D eigenvalue weighted by atomic mass is 16.6. The number of nitrogens with zero attached hydrogens (tertiary/aromatic N) is 1. The molecule has 6 nitrogen and oxygen atoms in total. The van der Waals surface area contributed by atoms with Gasteiger partial charge in [0.05, 0.1) is 11.5 Å². The number of carbonyl (C=O) groups is 1. The Kier molecular flexibility index (Phi) is 3.44. The summed E-state index contributed by atoms with van der Waals surface area (Å²) in [6.45, 7) is 3.30. The van der Waals surface area contributed by atoms with Crippen LogP contribution in [0, 0.1) is 10.1 Å². The SMILES string of the molecule is CCOc1cc(N)c(C(C)=O)cc1[N+](=O)[O-]. The maximum atomic E-state index is 11.2. The fourth-order valence-electron chi connectivity index (χ4n) is 1.30. The Morgan fingerprint density at radius 1 is 1.56 bits per heavy atom. The first-order valence-corrected chi connectivity index (χ1v) is 4.69. The van der Waals surface area contributed by atoms with Gasteiger partial charge in [0.1, 0.15) is 0 Å². The molecule has 0 aliphatic heterocycles. The number of anilines is 1. The molecule has 0 aromatic heterocycles. The number of nitrogens with two attached hydrogens (primary N) is 1. The van der Waals surface area contributed by atoms with Crippen LogP contribution in [0.1, 0.15) is 24.2 Å². The van der Waals surface area contributed by atoms with Crippen LogP contribution >= 0.6 is 0 Å². The molecule has 0 saturated carbocycles. The third-order valence-electron chi connectivity index (χ3n) is 2.01. The van der Waals surface area contributed by atoms with Gasteiger partial charge in [0, 0.05) is 23.4 Å². The van der Waals surface area contributed by atoms with Crippen LogP contribution in [-0.2, 0) is 0 Å². The number of rotatable bonds is 4. The molecular weight excluding hydrogens is 212 g/mol. The molecule has 0 unspecified atom stereocenters. The lowest BCUT2D eigenvalue weighted by Crippen LogP contribution is -2.04. The summed E-state index contributed by atoms with van der Waals surface area (Å²) in [6.07, 6.45) is 0. The molecule has 1 aromatic carbocycles. The van der Waals surface area contributed by atoms with Crippen molar-refractivity contribution >= 4 is 17.2 Å². The molecule has 6 heteroatoms. The Labute approximate surface area is 92.2 Å². The van der Waals surface area contributed by atoms with E-state index < -0.39 is 4.92 Å². The van der Waals surface area contributed by atoms with Crippen LogP contribution in [0.5, 0.6) is 5.75 Å². The number of hydrogen-bond acceptors (Lipinski definition) is 5. The molecule has 0 amide bonds. The second kappa shape index (κ2) is 4.61. The van der Waals surface area contributed by atoms with E-state index in [2.05, 4.69) is 0 Å². The van der Waals surface area contributed by atoms with Crippen molar-refractivity contribution in [2.75, 3.05) is 12.3 Å². The Bertz CT molecular complexity index is 443. The average Bonchev–Trinajstić information content (AvgIpc) is 2.17. The van der Waals surface area contributed by atoms with Crippen molar-refractivity contribution in [3.8, 4) is 5.75 Å². The lowest BCUT2D eigenvalue weighted by atomic mass is 10.1. The molecule has 16 heavy (non-hydrogen) atoms. The number of nitro benzene ring substituents is 1. The van der Waals surface area contributed by atoms with Crippen molar-refractivity contribution in [1.82, 2.24) is 0 Å². The second-order valence-corrected chi connectivity index (χ2v) is 3.15. The molecule has 86 valence electrons. The van der Waals surface area contributed by atoms with E-state index in [1.54, 1.807) is 6.92 Å². The lowest BCUT2D eigenvalue weighted by Gasteiger charge is -2.07. The third-order valence-corrected chi connectivity index (χ3v) is 2.01. The minimum atomic E-state index is -0.600. The molecule has 1 rings (SSSR count). The Morgan fingerprint density at radius 2 is 2.19 bits per heavy atom. The minimum absolute atomic E-state index is 0.0787. The number of Topliss-reactive ketones (excluding diaryl/α,β-unsaturated/α-hetero) is 1. The standard InChI is InChI=1S/C10H12N2O4/c1-3-16-10-5-8(11)7(6(2)13)4-9(10)12(14)15/h4-5H,3,11H2,1-2H3. The van der Waals surface area contributed by atoms with Crippen molar-refractivity contribution in [2.45, 2.75) is 13.8 Å². The molecule has 0 aliphatic rings. The summed E-state index contributed by atoms with van der Waals surface area (Å²) >= 11 is 0. The van der Waals surface area contributed by atoms with Crippen LogP contribution in [0.2, 0.25) is 0 Å². The molecule has 0 radical (unpaired) electrons. The monoisotopic (exact) mass is 224 g/mol. The quantitative estimate of drug-likeness (QED) is 0.364. The van der Waals surface area contributed by atoms with Crippen molar-refractivity contribution in [1.29, 1.82) is 0 Å². The van der Waals surface area contributed by atoms with Gasteiger partial charge in [-0.2, -0.15) is 0 Å².